The van der Waals surface area contributed by atoms with Gasteiger partial charge in [0.2, 0.25) is 0 Å². The van der Waals surface area contributed by atoms with E-state index in [1.807, 2.05) is 53.4 Å². The van der Waals surface area contributed by atoms with Crippen molar-refractivity contribution in [3.05, 3.63) is 66.2 Å². The summed E-state index contributed by atoms with van der Waals surface area (Å²) < 4.78 is 5.29. The van der Waals surface area contributed by atoms with Crippen LogP contribution in [0, 0.1) is 0 Å². The molecule has 0 radical (unpaired) electrons. The number of nitrogens with one attached hydrogen (secondary N) is 1. The van der Waals surface area contributed by atoms with Crippen LogP contribution < -0.4 is 10.2 Å². The Labute approximate surface area is 186 Å². The van der Waals surface area contributed by atoms with E-state index in [0.29, 0.717) is 19.6 Å². The standard InChI is InChI=1S/C25H33N3O3.H2/c29-24(31-21-22-11-5-3-6-12-22)15-9-1-2-10-16-26-25(30)28-19-17-27(18-20-28)23-13-7-4-8-14-23;/h3-8,11-14H,1-2,9-10,15-21H2,(H,26,30);1H. The highest BCUT2D eigenvalue weighted by Gasteiger charge is 2.20. The molecule has 2 aromatic carbocycles. The van der Waals surface area contributed by atoms with E-state index in [4.69, 9.17) is 4.74 Å². The van der Waals surface area contributed by atoms with Gasteiger partial charge in [-0.2, -0.15) is 0 Å². The molecule has 3 rings (SSSR count). The zero-order valence-electron chi connectivity index (χ0n) is 18.2. The third kappa shape index (κ3) is 7.96. The highest BCUT2D eigenvalue weighted by Crippen LogP contribution is 2.15. The van der Waals surface area contributed by atoms with Gasteiger partial charge in [0.15, 0.2) is 0 Å². The Morgan fingerprint density at radius 1 is 0.839 bits per heavy atom. The number of hydrogen-bond donors (Lipinski definition) is 1. The molecule has 168 valence electrons. The first-order chi connectivity index (χ1) is 15.2. The molecule has 0 aliphatic carbocycles. The number of benzene rings is 2. The maximum atomic E-state index is 12.3. The second-order valence-corrected chi connectivity index (χ2v) is 7.85. The topological polar surface area (TPSA) is 61.9 Å². The van der Waals surface area contributed by atoms with Crippen LogP contribution in [0.25, 0.3) is 0 Å². The van der Waals surface area contributed by atoms with Gasteiger partial charge in [-0.05, 0) is 30.5 Å². The van der Waals surface area contributed by atoms with Crippen molar-refractivity contribution >= 4 is 17.7 Å². The van der Waals surface area contributed by atoms with Crippen LogP contribution in [-0.2, 0) is 16.1 Å². The van der Waals surface area contributed by atoms with Crippen molar-refractivity contribution in [1.29, 1.82) is 0 Å². The maximum Gasteiger partial charge on any atom is 0.317 e. The van der Waals surface area contributed by atoms with Gasteiger partial charge >= 0.3 is 12.0 Å². The molecule has 0 spiro atoms. The van der Waals surface area contributed by atoms with E-state index in [9.17, 15) is 9.59 Å². The van der Waals surface area contributed by atoms with E-state index < -0.39 is 0 Å². The lowest BCUT2D eigenvalue weighted by atomic mass is 10.1. The smallest absolute Gasteiger partial charge is 0.317 e. The molecular formula is C25H35N3O3. The Morgan fingerprint density at radius 2 is 1.48 bits per heavy atom. The second-order valence-electron chi connectivity index (χ2n) is 7.85. The lowest BCUT2D eigenvalue weighted by Gasteiger charge is -2.36. The van der Waals surface area contributed by atoms with Gasteiger partial charge in [-0.15, -0.1) is 0 Å². The predicted octanol–water partition coefficient (Wildman–Crippen LogP) is 4.46. The molecule has 31 heavy (non-hydrogen) atoms. The summed E-state index contributed by atoms with van der Waals surface area (Å²) in [6.07, 6.45) is 4.16. The Kier molecular flexibility index (Phi) is 9.23. The zero-order chi connectivity index (χ0) is 21.7. The third-order valence-corrected chi connectivity index (χ3v) is 5.51. The Bertz CT molecular complexity index is 797. The number of carbonyl (C=O) groups is 2. The van der Waals surface area contributed by atoms with Crippen molar-refractivity contribution in [1.82, 2.24) is 10.2 Å². The fraction of sp³-hybridized carbons (Fsp3) is 0.440. The van der Waals surface area contributed by atoms with E-state index in [0.717, 1.165) is 57.4 Å². The number of para-hydroxylation sites is 1. The fourth-order valence-corrected chi connectivity index (χ4v) is 3.67. The minimum atomic E-state index is -0.146. The summed E-state index contributed by atoms with van der Waals surface area (Å²) in [5.74, 6) is -0.146. The molecule has 0 aromatic heterocycles. The van der Waals surface area contributed by atoms with Crippen LogP contribution in [0.2, 0.25) is 0 Å². The molecule has 2 aromatic rings. The van der Waals surface area contributed by atoms with Crippen LogP contribution in [0.3, 0.4) is 0 Å². The van der Waals surface area contributed by atoms with E-state index in [1.165, 1.54) is 5.69 Å². The van der Waals surface area contributed by atoms with E-state index in [-0.39, 0.29) is 13.4 Å². The van der Waals surface area contributed by atoms with Gasteiger partial charge in [0.05, 0.1) is 0 Å². The number of anilines is 1. The number of esters is 1. The van der Waals surface area contributed by atoms with Gasteiger partial charge in [0.1, 0.15) is 6.61 Å². The highest BCUT2D eigenvalue weighted by atomic mass is 16.5. The van der Waals surface area contributed by atoms with Crippen LogP contribution in [0.15, 0.2) is 60.7 Å². The minimum absolute atomic E-state index is 0. The number of urea groups is 1. The lowest BCUT2D eigenvalue weighted by Crippen LogP contribution is -2.52. The quantitative estimate of drug-likeness (QED) is 0.451. The zero-order valence-corrected chi connectivity index (χ0v) is 18.2. The summed E-state index contributed by atoms with van der Waals surface area (Å²) >= 11 is 0. The summed E-state index contributed by atoms with van der Waals surface area (Å²) in [7, 11) is 0. The molecule has 1 saturated heterocycles. The van der Waals surface area contributed by atoms with Crippen molar-refractivity contribution in [3.8, 4) is 0 Å². The number of carbonyl (C=O) groups excluding carboxylic acids is 2. The largest absolute Gasteiger partial charge is 0.461 e. The molecule has 0 saturated carbocycles. The summed E-state index contributed by atoms with van der Waals surface area (Å²) in [6, 6.07) is 20.1. The van der Waals surface area contributed by atoms with Crippen molar-refractivity contribution in [2.24, 2.45) is 0 Å². The van der Waals surface area contributed by atoms with Crippen LogP contribution in [0.4, 0.5) is 10.5 Å². The predicted molar refractivity (Wildman–Crippen MR) is 125 cm³/mol. The Hall–Kier alpha value is -3.02. The summed E-state index contributed by atoms with van der Waals surface area (Å²) in [4.78, 5) is 28.3. The number of hydrogen-bond acceptors (Lipinski definition) is 4. The van der Waals surface area contributed by atoms with Gasteiger partial charge in [-0.3, -0.25) is 4.79 Å². The number of nitrogens with zero attached hydrogens (tertiary/aromatic N) is 2. The van der Waals surface area contributed by atoms with Crippen molar-refractivity contribution < 1.29 is 15.8 Å². The number of unbranched alkanes of at least 4 members (excludes halogenated alkanes) is 3. The number of amides is 2. The first-order valence-electron chi connectivity index (χ1n) is 11.2. The molecular weight excluding hydrogens is 390 g/mol. The summed E-state index contributed by atoms with van der Waals surface area (Å²) in [5.41, 5.74) is 2.22. The third-order valence-electron chi connectivity index (χ3n) is 5.51. The van der Waals surface area contributed by atoms with Gasteiger partial charge in [0.25, 0.3) is 0 Å². The van der Waals surface area contributed by atoms with E-state index >= 15 is 0 Å². The molecule has 1 fully saturated rings. The Morgan fingerprint density at radius 3 is 2.19 bits per heavy atom. The van der Waals surface area contributed by atoms with Crippen LogP contribution in [0.1, 0.15) is 39.1 Å². The van der Waals surface area contributed by atoms with Crippen LogP contribution in [-0.4, -0.2) is 49.6 Å². The highest BCUT2D eigenvalue weighted by molar-refractivity contribution is 5.74. The number of ether oxygens (including phenoxy) is 1. The van der Waals surface area contributed by atoms with Gasteiger partial charge in [-0.25, -0.2) is 4.79 Å². The molecule has 0 bridgehead atoms. The molecule has 1 N–H and O–H groups in total. The molecule has 6 heteroatoms. The van der Waals surface area contributed by atoms with Crippen molar-refractivity contribution in [3.63, 3.8) is 0 Å². The maximum absolute atomic E-state index is 12.3. The lowest BCUT2D eigenvalue weighted by molar-refractivity contribution is -0.145. The summed E-state index contributed by atoms with van der Waals surface area (Å²) in [6.45, 7) is 4.22. The molecule has 1 heterocycles. The summed E-state index contributed by atoms with van der Waals surface area (Å²) in [5, 5.41) is 3.02. The van der Waals surface area contributed by atoms with Gasteiger partial charge < -0.3 is 19.9 Å². The molecule has 1 aliphatic rings. The van der Waals surface area contributed by atoms with E-state index in [2.05, 4.69) is 22.3 Å². The van der Waals surface area contributed by atoms with Crippen molar-refractivity contribution in [2.75, 3.05) is 37.6 Å². The molecule has 0 unspecified atom stereocenters. The van der Waals surface area contributed by atoms with E-state index in [1.54, 1.807) is 0 Å². The monoisotopic (exact) mass is 425 g/mol. The first kappa shape index (κ1) is 22.7. The van der Waals surface area contributed by atoms with Crippen LogP contribution in [0.5, 0.6) is 0 Å². The molecule has 0 atom stereocenters. The second kappa shape index (κ2) is 12.6. The molecule has 2 amide bonds. The fourth-order valence-electron chi connectivity index (χ4n) is 3.67. The van der Waals surface area contributed by atoms with Crippen molar-refractivity contribution in [2.45, 2.75) is 38.7 Å². The molecule has 6 nitrogen and oxygen atoms in total. The normalized spacial score (nSPS) is 13.7. The number of piperazine rings is 1. The first-order valence-corrected chi connectivity index (χ1v) is 11.2. The Balaban J connectivity index is 0.00000363. The number of rotatable bonds is 10. The molecule has 1 aliphatic heterocycles. The SMILES string of the molecule is O=C(CCCCCCNC(=O)N1CCN(c2ccccc2)CC1)OCc1ccccc1.[HH]. The minimum Gasteiger partial charge on any atom is -0.461 e. The van der Waals surface area contributed by atoms with Crippen LogP contribution >= 0.6 is 0 Å². The average molecular weight is 426 g/mol. The van der Waals surface area contributed by atoms with Gasteiger partial charge in [0, 0.05) is 46.3 Å². The van der Waals surface area contributed by atoms with Gasteiger partial charge in [-0.1, -0.05) is 61.4 Å². The average Bonchev–Trinajstić information content (AvgIpc) is 2.83.